The smallest absolute Gasteiger partial charge is 0.241 e. The Bertz CT molecular complexity index is 519. The minimum Gasteiger partial charge on any atom is -0.354 e. The first kappa shape index (κ1) is 16.5. The van der Waals surface area contributed by atoms with Gasteiger partial charge < -0.3 is 16.0 Å². The van der Waals surface area contributed by atoms with Gasteiger partial charge in [-0.1, -0.05) is 29.8 Å². The normalized spacial score (nSPS) is 17.1. The summed E-state index contributed by atoms with van der Waals surface area (Å²) in [6, 6.07) is 7.08. The highest BCUT2D eigenvalue weighted by atomic mass is 16.2. The first-order chi connectivity index (χ1) is 10.5. The van der Waals surface area contributed by atoms with Crippen LogP contribution in [0.4, 0.5) is 0 Å². The van der Waals surface area contributed by atoms with Crippen molar-refractivity contribution in [3.63, 3.8) is 0 Å². The predicted molar refractivity (Wildman–Crippen MR) is 86.1 cm³/mol. The second kappa shape index (κ2) is 7.40. The summed E-state index contributed by atoms with van der Waals surface area (Å²) in [4.78, 5) is 25.3. The number of nitrogens with zero attached hydrogens (tertiary/aromatic N) is 1. The fourth-order valence-corrected chi connectivity index (χ4v) is 2.73. The molecule has 5 heteroatoms. The molecule has 22 heavy (non-hydrogen) atoms. The lowest BCUT2D eigenvalue weighted by Gasteiger charge is -2.31. The number of nitrogens with two attached hydrogens (primary N) is 1. The van der Waals surface area contributed by atoms with Gasteiger partial charge in [0.05, 0.1) is 0 Å². The highest BCUT2D eigenvalue weighted by molar-refractivity contribution is 5.82. The molecule has 5 nitrogen and oxygen atoms in total. The number of nitrogens with one attached hydrogen (secondary N) is 1. The summed E-state index contributed by atoms with van der Waals surface area (Å²) >= 11 is 0. The third-order valence-electron chi connectivity index (χ3n) is 4.34. The van der Waals surface area contributed by atoms with Crippen molar-refractivity contribution in [2.75, 3.05) is 19.6 Å². The molecule has 1 heterocycles. The van der Waals surface area contributed by atoms with Gasteiger partial charge in [-0.2, -0.15) is 0 Å². The van der Waals surface area contributed by atoms with Gasteiger partial charge in [0.1, 0.15) is 6.04 Å². The number of likely N-dealkylation sites (tertiary alicyclic amines) is 1. The number of amides is 2. The van der Waals surface area contributed by atoms with E-state index in [1.54, 1.807) is 6.92 Å². The summed E-state index contributed by atoms with van der Waals surface area (Å²) in [6.07, 6.45) is 1.86. The molecule has 1 saturated heterocycles. The minimum absolute atomic E-state index is 0.129. The van der Waals surface area contributed by atoms with Gasteiger partial charge in [0.2, 0.25) is 11.8 Å². The van der Waals surface area contributed by atoms with Gasteiger partial charge in [0.15, 0.2) is 0 Å². The second-order valence-electron chi connectivity index (χ2n) is 6.08. The van der Waals surface area contributed by atoms with E-state index in [0.29, 0.717) is 12.5 Å². The molecule has 120 valence electrons. The van der Waals surface area contributed by atoms with Gasteiger partial charge in [-0.25, -0.2) is 0 Å². The van der Waals surface area contributed by atoms with E-state index in [9.17, 15) is 9.59 Å². The first-order valence-corrected chi connectivity index (χ1v) is 7.82. The molecule has 0 aromatic heterocycles. The Balaban J connectivity index is 1.78. The summed E-state index contributed by atoms with van der Waals surface area (Å²) in [5, 5.41) is 2.94. The SMILES string of the molecule is CC(=O)N1CCC(CNC(=O)C(N)c2ccc(C)cc2)CC1. The number of carbonyl (C=O) groups excluding carboxylic acids is 2. The molecule has 1 atom stereocenters. The van der Waals surface area contributed by atoms with E-state index < -0.39 is 6.04 Å². The van der Waals surface area contributed by atoms with Crippen molar-refractivity contribution in [2.45, 2.75) is 32.7 Å². The second-order valence-corrected chi connectivity index (χ2v) is 6.08. The largest absolute Gasteiger partial charge is 0.354 e. The zero-order valence-corrected chi connectivity index (χ0v) is 13.3. The van der Waals surface area contributed by atoms with Crippen LogP contribution in [0.5, 0.6) is 0 Å². The predicted octanol–water partition coefficient (Wildman–Crippen LogP) is 1.37. The molecule has 1 unspecified atom stereocenters. The van der Waals surface area contributed by atoms with Gasteiger partial charge >= 0.3 is 0 Å². The minimum atomic E-state index is -0.627. The Morgan fingerprint density at radius 2 is 1.86 bits per heavy atom. The third kappa shape index (κ3) is 4.31. The van der Waals surface area contributed by atoms with Crippen LogP contribution in [0.1, 0.15) is 36.9 Å². The van der Waals surface area contributed by atoms with Gasteiger partial charge in [-0.15, -0.1) is 0 Å². The Morgan fingerprint density at radius 3 is 2.41 bits per heavy atom. The molecule has 0 aliphatic carbocycles. The van der Waals surface area contributed by atoms with E-state index in [1.165, 1.54) is 0 Å². The molecular formula is C17H25N3O2. The molecule has 1 fully saturated rings. The van der Waals surface area contributed by atoms with Crippen molar-refractivity contribution in [3.8, 4) is 0 Å². The van der Waals surface area contributed by atoms with E-state index in [2.05, 4.69) is 5.32 Å². The van der Waals surface area contributed by atoms with Gasteiger partial charge in [-0.05, 0) is 31.2 Å². The fraction of sp³-hybridized carbons (Fsp3) is 0.529. The molecule has 0 saturated carbocycles. The highest BCUT2D eigenvalue weighted by Crippen LogP contribution is 2.17. The van der Waals surface area contributed by atoms with Crippen LogP contribution in [0.3, 0.4) is 0 Å². The van der Waals surface area contributed by atoms with E-state index >= 15 is 0 Å². The Kier molecular flexibility index (Phi) is 5.55. The van der Waals surface area contributed by atoms with Crippen molar-refractivity contribution in [3.05, 3.63) is 35.4 Å². The van der Waals surface area contributed by atoms with Crippen LogP contribution in [-0.4, -0.2) is 36.3 Å². The monoisotopic (exact) mass is 303 g/mol. The van der Waals surface area contributed by atoms with Gasteiger partial charge in [-0.3, -0.25) is 9.59 Å². The van der Waals surface area contributed by atoms with E-state index in [0.717, 1.165) is 37.1 Å². The average Bonchev–Trinajstić information content (AvgIpc) is 2.53. The molecule has 0 radical (unpaired) electrons. The number of aryl methyl sites for hydroxylation is 1. The van der Waals surface area contributed by atoms with Crippen molar-refractivity contribution in [1.29, 1.82) is 0 Å². The van der Waals surface area contributed by atoms with Gasteiger partial charge in [0.25, 0.3) is 0 Å². The maximum absolute atomic E-state index is 12.1. The Morgan fingerprint density at radius 1 is 1.27 bits per heavy atom. The lowest BCUT2D eigenvalue weighted by atomic mass is 9.96. The maximum Gasteiger partial charge on any atom is 0.241 e. The lowest BCUT2D eigenvalue weighted by Crippen LogP contribution is -2.42. The van der Waals surface area contributed by atoms with Crippen LogP contribution in [0.25, 0.3) is 0 Å². The lowest BCUT2D eigenvalue weighted by molar-refractivity contribution is -0.130. The van der Waals surface area contributed by atoms with Crippen LogP contribution in [0.2, 0.25) is 0 Å². The molecule has 1 aliphatic heterocycles. The summed E-state index contributed by atoms with van der Waals surface area (Å²) in [7, 11) is 0. The van der Waals surface area contributed by atoms with Crippen LogP contribution < -0.4 is 11.1 Å². The van der Waals surface area contributed by atoms with Crippen LogP contribution in [0.15, 0.2) is 24.3 Å². The number of carbonyl (C=O) groups is 2. The van der Waals surface area contributed by atoms with E-state index in [4.69, 9.17) is 5.73 Å². The topological polar surface area (TPSA) is 75.4 Å². The summed E-state index contributed by atoms with van der Waals surface area (Å²) < 4.78 is 0. The van der Waals surface area contributed by atoms with E-state index in [1.807, 2.05) is 36.1 Å². The molecule has 3 N–H and O–H groups in total. The van der Waals surface area contributed by atoms with Crippen molar-refractivity contribution in [1.82, 2.24) is 10.2 Å². The number of piperidine rings is 1. The summed E-state index contributed by atoms with van der Waals surface area (Å²) in [5.74, 6) is 0.409. The zero-order chi connectivity index (χ0) is 16.1. The van der Waals surface area contributed by atoms with Crippen LogP contribution in [-0.2, 0) is 9.59 Å². The molecule has 2 rings (SSSR count). The standard InChI is InChI=1S/C17H25N3O2/c1-12-3-5-15(6-4-12)16(18)17(22)19-11-14-7-9-20(10-8-14)13(2)21/h3-6,14,16H,7-11,18H2,1-2H3,(H,19,22). The van der Waals surface area contributed by atoms with Crippen molar-refractivity contribution in [2.24, 2.45) is 11.7 Å². The molecule has 1 aliphatic rings. The average molecular weight is 303 g/mol. The number of hydrogen-bond acceptors (Lipinski definition) is 3. The fourth-order valence-electron chi connectivity index (χ4n) is 2.73. The van der Waals surface area contributed by atoms with Crippen molar-refractivity contribution < 1.29 is 9.59 Å². The maximum atomic E-state index is 12.1. The summed E-state index contributed by atoms with van der Waals surface area (Å²) in [5.41, 5.74) is 7.98. The number of rotatable bonds is 4. The number of benzene rings is 1. The molecular weight excluding hydrogens is 278 g/mol. The summed E-state index contributed by atoms with van der Waals surface area (Å²) in [6.45, 7) is 5.79. The van der Waals surface area contributed by atoms with E-state index in [-0.39, 0.29) is 11.8 Å². The molecule has 2 amide bonds. The molecule has 0 spiro atoms. The van der Waals surface area contributed by atoms with Crippen LogP contribution >= 0.6 is 0 Å². The number of hydrogen-bond donors (Lipinski definition) is 2. The molecule has 0 bridgehead atoms. The van der Waals surface area contributed by atoms with Crippen molar-refractivity contribution >= 4 is 11.8 Å². The van der Waals surface area contributed by atoms with Crippen LogP contribution in [0, 0.1) is 12.8 Å². The molecule has 1 aromatic carbocycles. The molecule has 1 aromatic rings. The highest BCUT2D eigenvalue weighted by Gasteiger charge is 2.22. The third-order valence-corrected chi connectivity index (χ3v) is 4.34. The zero-order valence-electron chi connectivity index (χ0n) is 13.3. The quantitative estimate of drug-likeness (QED) is 0.882. The van der Waals surface area contributed by atoms with Gasteiger partial charge in [0, 0.05) is 26.6 Å². The Labute approximate surface area is 131 Å². The Hall–Kier alpha value is -1.88. The first-order valence-electron chi connectivity index (χ1n) is 7.82.